The van der Waals surface area contributed by atoms with Gasteiger partial charge in [0.25, 0.3) is 5.69 Å². The SMILES string of the molecule is O=[N+]([O-])c1ccc(N2CCC(CN3CCCCCC3)CC2)c2ccncc12. The fourth-order valence-electron chi connectivity index (χ4n) is 4.63. The van der Waals surface area contributed by atoms with Crippen LogP contribution in [-0.4, -0.2) is 47.5 Å². The number of hydrogen-bond acceptors (Lipinski definition) is 5. The van der Waals surface area contributed by atoms with Gasteiger partial charge >= 0.3 is 0 Å². The van der Waals surface area contributed by atoms with Crippen LogP contribution < -0.4 is 4.90 Å². The Morgan fingerprint density at radius 1 is 1.00 bits per heavy atom. The number of piperidine rings is 1. The van der Waals surface area contributed by atoms with E-state index in [1.165, 1.54) is 58.2 Å². The van der Waals surface area contributed by atoms with E-state index in [9.17, 15) is 10.1 Å². The monoisotopic (exact) mass is 368 g/mol. The maximum Gasteiger partial charge on any atom is 0.278 e. The highest BCUT2D eigenvalue weighted by Gasteiger charge is 2.24. The van der Waals surface area contributed by atoms with E-state index >= 15 is 0 Å². The molecule has 0 amide bonds. The molecule has 0 saturated carbocycles. The zero-order valence-corrected chi connectivity index (χ0v) is 15.8. The fourth-order valence-corrected chi connectivity index (χ4v) is 4.63. The minimum Gasteiger partial charge on any atom is -0.371 e. The normalized spacial score (nSPS) is 19.9. The van der Waals surface area contributed by atoms with Crippen molar-refractivity contribution in [2.75, 3.05) is 37.6 Å². The molecule has 2 aromatic rings. The van der Waals surface area contributed by atoms with E-state index in [4.69, 9.17) is 0 Å². The number of benzene rings is 1. The van der Waals surface area contributed by atoms with Crippen LogP contribution in [0.4, 0.5) is 11.4 Å². The largest absolute Gasteiger partial charge is 0.371 e. The minimum atomic E-state index is -0.318. The summed E-state index contributed by atoms with van der Waals surface area (Å²) in [5.74, 6) is 0.769. The lowest BCUT2D eigenvalue weighted by Gasteiger charge is -2.36. The molecule has 0 spiro atoms. The molecule has 6 heteroatoms. The molecular weight excluding hydrogens is 340 g/mol. The molecule has 3 heterocycles. The first-order valence-corrected chi connectivity index (χ1v) is 10.2. The summed E-state index contributed by atoms with van der Waals surface area (Å²) < 4.78 is 0. The molecule has 1 aromatic carbocycles. The number of hydrogen-bond donors (Lipinski definition) is 0. The third kappa shape index (κ3) is 4.05. The topological polar surface area (TPSA) is 62.5 Å². The van der Waals surface area contributed by atoms with Crippen LogP contribution in [0, 0.1) is 16.0 Å². The summed E-state index contributed by atoms with van der Waals surface area (Å²) in [6.45, 7) is 5.81. The number of pyridine rings is 1. The van der Waals surface area contributed by atoms with Crippen molar-refractivity contribution < 1.29 is 4.92 Å². The molecule has 144 valence electrons. The Morgan fingerprint density at radius 3 is 2.44 bits per heavy atom. The number of nitrogens with zero attached hydrogens (tertiary/aromatic N) is 4. The number of nitro groups is 1. The fraction of sp³-hybridized carbons (Fsp3) is 0.571. The summed E-state index contributed by atoms with van der Waals surface area (Å²) in [6, 6.07) is 5.44. The molecule has 0 radical (unpaired) electrons. The van der Waals surface area contributed by atoms with Crippen molar-refractivity contribution in [1.29, 1.82) is 0 Å². The Bertz CT molecular complexity index is 794. The summed E-state index contributed by atoms with van der Waals surface area (Å²) >= 11 is 0. The molecule has 2 fully saturated rings. The van der Waals surface area contributed by atoms with Crippen LogP contribution in [0.1, 0.15) is 38.5 Å². The van der Waals surface area contributed by atoms with Gasteiger partial charge in [0.2, 0.25) is 0 Å². The third-order valence-electron chi connectivity index (χ3n) is 6.14. The highest BCUT2D eigenvalue weighted by molar-refractivity contribution is 5.99. The molecule has 0 unspecified atom stereocenters. The van der Waals surface area contributed by atoms with E-state index in [2.05, 4.69) is 14.8 Å². The lowest BCUT2D eigenvalue weighted by molar-refractivity contribution is -0.383. The van der Waals surface area contributed by atoms with Gasteiger partial charge in [-0.25, -0.2) is 0 Å². The smallest absolute Gasteiger partial charge is 0.278 e. The number of fused-ring (bicyclic) bond motifs is 1. The first-order chi connectivity index (χ1) is 13.2. The number of likely N-dealkylation sites (tertiary alicyclic amines) is 1. The molecule has 1 aromatic heterocycles. The first-order valence-electron chi connectivity index (χ1n) is 10.2. The van der Waals surface area contributed by atoms with E-state index in [0.29, 0.717) is 5.39 Å². The van der Waals surface area contributed by atoms with Gasteiger partial charge in [-0.2, -0.15) is 0 Å². The molecule has 0 aliphatic carbocycles. The van der Waals surface area contributed by atoms with Crippen LogP contribution in [0.3, 0.4) is 0 Å². The van der Waals surface area contributed by atoms with E-state index < -0.39 is 0 Å². The molecule has 6 nitrogen and oxygen atoms in total. The number of nitro benzene ring substituents is 1. The van der Waals surface area contributed by atoms with Crippen molar-refractivity contribution in [3.63, 3.8) is 0 Å². The zero-order chi connectivity index (χ0) is 18.6. The van der Waals surface area contributed by atoms with Crippen molar-refractivity contribution >= 4 is 22.1 Å². The second-order valence-electron chi connectivity index (χ2n) is 7.93. The second-order valence-corrected chi connectivity index (χ2v) is 7.93. The molecule has 0 bridgehead atoms. The van der Waals surface area contributed by atoms with Crippen LogP contribution in [0.5, 0.6) is 0 Å². The van der Waals surface area contributed by atoms with E-state index in [0.717, 1.165) is 30.1 Å². The van der Waals surface area contributed by atoms with Crippen LogP contribution in [0.25, 0.3) is 10.8 Å². The Balaban J connectivity index is 1.45. The van der Waals surface area contributed by atoms with Crippen molar-refractivity contribution in [2.45, 2.75) is 38.5 Å². The lowest BCUT2D eigenvalue weighted by Crippen LogP contribution is -2.39. The number of anilines is 1. The van der Waals surface area contributed by atoms with Crippen molar-refractivity contribution in [1.82, 2.24) is 9.88 Å². The highest BCUT2D eigenvalue weighted by Crippen LogP contribution is 2.35. The Labute approximate surface area is 160 Å². The molecule has 2 saturated heterocycles. The maximum absolute atomic E-state index is 11.3. The molecule has 0 N–H and O–H groups in total. The summed E-state index contributed by atoms with van der Waals surface area (Å²) in [4.78, 5) is 20.2. The van der Waals surface area contributed by atoms with Gasteiger partial charge in [-0.1, -0.05) is 12.8 Å². The predicted octanol–water partition coefficient (Wildman–Crippen LogP) is 4.24. The quantitative estimate of drug-likeness (QED) is 0.597. The van der Waals surface area contributed by atoms with E-state index in [1.54, 1.807) is 18.5 Å². The maximum atomic E-state index is 11.3. The Morgan fingerprint density at radius 2 is 1.74 bits per heavy atom. The molecule has 27 heavy (non-hydrogen) atoms. The summed E-state index contributed by atoms with van der Waals surface area (Å²) in [7, 11) is 0. The lowest BCUT2D eigenvalue weighted by atomic mass is 9.95. The second kappa shape index (κ2) is 8.21. The van der Waals surface area contributed by atoms with Crippen LogP contribution in [0.2, 0.25) is 0 Å². The Kier molecular flexibility index (Phi) is 5.53. The van der Waals surface area contributed by atoms with Gasteiger partial charge in [-0.15, -0.1) is 0 Å². The molecule has 2 aliphatic heterocycles. The number of aromatic nitrogens is 1. The van der Waals surface area contributed by atoms with Crippen LogP contribution >= 0.6 is 0 Å². The zero-order valence-electron chi connectivity index (χ0n) is 15.8. The highest BCUT2D eigenvalue weighted by atomic mass is 16.6. The summed E-state index contributed by atoms with van der Waals surface area (Å²) in [5, 5.41) is 12.9. The van der Waals surface area contributed by atoms with Crippen molar-refractivity contribution in [3.05, 3.63) is 40.7 Å². The number of rotatable bonds is 4. The van der Waals surface area contributed by atoms with Gasteiger partial charge in [0.05, 0.1) is 10.3 Å². The predicted molar refractivity (Wildman–Crippen MR) is 108 cm³/mol. The average Bonchev–Trinajstić information content (AvgIpc) is 2.96. The van der Waals surface area contributed by atoms with Crippen LogP contribution in [-0.2, 0) is 0 Å². The molecule has 0 atom stereocenters. The summed E-state index contributed by atoms with van der Waals surface area (Å²) in [5.41, 5.74) is 1.24. The molecular formula is C21H28N4O2. The molecule has 2 aliphatic rings. The van der Waals surface area contributed by atoms with E-state index in [1.807, 2.05) is 12.1 Å². The van der Waals surface area contributed by atoms with Crippen molar-refractivity contribution in [2.24, 2.45) is 5.92 Å². The van der Waals surface area contributed by atoms with Gasteiger partial charge in [0.1, 0.15) is 0 Å². The van der Waals surface area contributed by atoms with E-state index in [-0.39, 0.29) is 10.6 Å². The third-order valence-corrected chi connectivity index (χ3v) is 6.14. The van der Waals surface area contributed by atoms with Crippen LogP contribution in [0.15, 0.2) is 30.6 Å². The average molecular weight is 368 g/mol. The number of non-ortho nitro benzene ring substituents is 1. The standard InChI is InChI=1S/C21H28N4O2/c26-25(27)21-6-5-20(18-7-10-22-15-19(18)21)24-13-8-17(9-14-24)16-23-11-3-1-2-4-12-23/h5-7,10,15,17H,1-4,8-9,11-14,16H2. The van der Waals surface area contributed by atoms with Gasteiger partial charge in [0.15, 0.2) is 0 Å². The van der Waals surface area contributed by atoms with Gasteiger partial charge < -0.3 is 9.80 Å². The minimum absolute atomic E-state index is 0.137. The van der Waals surface area contributed by atoms with Gasteiger partial charge in [0, 0.05) is 49.2 Å². The van der Waals surface area contributed by atoms with Gasteiger partial charge in [-0.3, -0.25) is 15.1 Å². The molecule has 4 rings (SSSR count). The summed E-state index contributed by atoms with van der Waals surface area (Å²) in [6.07, 6.45) is 11.2. The van der Waals surface area contributed by atoms with Gasteiger partial charge in [-0.05, 0) is 56.8 Å². The Hall–Kier alpha value is -2.21. The first kappa shape index (κ1) is 18.2. The van der Waals surface area contributed by atoms with Crippen molar-refractivity contribution in [3.8, 4) is 0 Å².